The van der Waals surface area contributed by atoms with Crippen LogP contribution >= 0.6 is 0 Å². The van der Waals surface area contributed by atoms with Gasteiger partial charge in [-0.1, -0.05) is 50.8 Å². The van der Waals surface area contributed by atoms with Gasteiger partial charge in [0, 0.05) is 5.56 Å². The van der Waals surface area contributed by atoms with Crippen molar-refractivity contribution < 1.29 is 13.2 Å². The van der Waals surface area contributed by atoms with Crippen molar-refractivity contribution in [2.75, 3.05) is 0 Å². The molecule has 1 aromatic rings. The highest BCUT2D eigenvalue weighted by molar-refractivity contribution is 5.62. The lowest BCUT2D eigenvalue weighted by Crippen LogP contribution is -2.19. The monoisotopic (exact) mass is 282 g/mol. The maximum atomic E-state index is 14.1. The summed E-state index contributed by atoms with van der Waals surface area (Å²) in [6, 6.07) is 4.37. The van der Waals surface area contributed by atoms with Crippen molar-refractivity contribution in [1.29, 1.82) is 0 Å². The number of allylic oxidation sites excluding steroid dienone is 1. The number of halogens is 3. The van der Waals surface area contributed by atoms with Crippen LogP contribution in [0.4, 0.5) is 13.2 Å². The Morgan fingerprint density at radius 3 is 2.50 bits per heavy atom. The molecule has 0 fully saturated rings. The smallest absolute Gasteiger partial charge is 0.163 e. The molecule has 0 nitrogen and oxygen atoms in total. The zero-order valence-corrected chi connectivity index (χ0v) is 11.8. The van der Waals surface area contributed by atoms with Gasteiger partial charge in [0.05, 0.1) is 0 Å². The molecule has 2 unspecified atom stereocenters. The van der Waals surface area contributed by atoms with Gasteiger partial charge in [-0.05, 0) is 30.0 Å². The largest absolute Gasteiger partial charge is 0.239 e. The predicted octanol–water partition coefficient (Wildman–Crippen LogP) is 5.93. The molecule has 0 amide bonds. The van der Waals surface area contributed by atoms with Crippen LogP contribution in [-0.4, -0.2) is 6.17 Å². The zero-order valence-electron chi connectivity index (χ0n) is 11.8. The van der Waals surface area contributed by atoms with Gasteiger partial charge in [-0.25, -0.2) is 13.2 Å². The summed E-state index contributed by atoms with van der Waals surface area (Å²) in [5.74, 6) is -0.657. The maximum absolute atomic E-state index is 14.1. The highest BCUT2D eigenvalue weighted by Gasteiger charge is 2.33. The molecule has 2 rings (SSSR count). The summed E-state index contributed by atoms with van der Waals surface area (Å²) in [4.78, 5) is 0. The molecule has 0 heterocycles. The van der Waals surface area contributed by atoms with E-state index < -0.39 is 18.2 Å². The van der Waals surface area contributed by atoms with E-state index in [1.165, 1.54) is 18.6 Å². The fourth-order valence-electron chi connectivity index (χ4n) is 2.73. The molecule has 0 saturated heterocycles. The Balaban J connectivity index is 2.06. The zero-order chi connectivity index (χ0) is 14.5. The fourth-order valence-corrected chi connectivity index (χ4v) is 2.73. The molecular weight excluding hydrogens is 261 g/mol. The quantitative estimate of drug-likeness (QED) is 0.567. The van der Waals surface area contributed by atoms with E-state index >= 15 is 0 Å². The third-order valence-electron chi connectivity index (χ3n) is 3.88. The molecule has 1 aliphatic carbocycles. The summed E-state index contributed by atoms with van der Waals surface area (Å²) in [5, 5.41) is 0. The van der Waals surface area contributed by atoms with Crippen LogP contribution in [0.5, 0.6) is 0 Å². The molecule has 0 saturated carbocycles. The molecule has 0 aromatic heterocycles. The first-order chi connectivity index (χ1) is 9.65. The van der Waals surface area contributed by atoms with Crippen LogP contribution in [-0.2, 0) is 0 Å². The molecular formula is C17H21F3. The molecule has 2 atom stereocenters. The van der Waals surface area contributed by atoms with Gasteiger partial charge in [-0.2, -0.15) is 0 Å². The van der Waals surface area contributed by atoms with E-state index in [0.717, 1.165) is 25.7 Å². The van der Waals surface area contributed by atoms with Gasteiger partial charge in [0.25, 0.3) is 0 Å². The Morgan fingerprint density at radius 2 is 1.75 bits per heavy atom. The van der Waals surface area contributed by atoms with Gasteiger partial charge in [-0.3, -0.25) is 0 Å². The van der Waals surface area contributed by atoms with E-state index in [-0.39, 0.29) is 5.56 Å². The molecule has 0 aliphatic heterocycles. The first kappa shape index (κ1) is 15.1. The molecule has 1 aromatic carbocycles. The lowest BCUT2D eigenvalue weighted by atomic mass is 9.86. The minimum atomic E-state index is -1.87. The van der Waals surface area contributed by atoms with Gasteiger partial charge < -0.3 is 0 Å². The van der Waals surface area contributed by atoms with E-state index in [1.807, 2.05) is 0 Å². The van der Waals surface area contributed by atoms with Crippen molar-refractivity contribution in [2.24, 2.45) is 0 Å². The van der Waals surface area contributed by atoms with Gasteiger partial charge in [0.2, 0.25) is 0 Å². The van der Waals surface area contributed by atoms with Crippen molar-refractivity contribution in [3.05, 3.63) is 40.7 Å². The maximum Gasteiger partial charge on any atom is 0.163 e. The Morgan fingerprint density at radius 1 is 1.00 bits per heavy atom. The Hall–Kier alpha value is -1.25. The van der Waals surface area contributed by atoms with Crippen LogP contribution < -0.4 is 0 Å². The summed E-state index contributed by atoms with van der Waals surface area (Å²) < 4.78 is 41.7. The molecule has 0 spiro atoms. The molecule has 0 N–H and O–H groups in total. The molecule has 0 bridgehead atoms. The Labute approximate surface area is 118 Å². The van der Waals surface area contributed by atoms with Crippen molar-refractivity contribution in [3.8, 4) is 0 Å². The van der Waals surface area contributed by atoms with Gasteiger partial charge in [0.1, 0.15) is 5.82 Å². The average Bonchev–Trinajstić information content (AvgIpc) is 2.43. The van der Waals surface area contributed by atoms with Gasteiger partial charge in [-0.15, -0.1) is 0 Å². The number of unbranched alkanes of at least 4 members (excludes halogenated alkanes) is 4. The number of rotatable bonds is 6. The fraction of sp³-hybridized carbons (Fsp3) is 0.529. The van der Waals surface area contributed by atoms with Crippen LogP contribution in [0.1, 0.15) is 62.7 Å². The van der Waals surface area contributed by atoms with E-state index in [2.05, 4.69) is 6.92 Å². The summed E-state index contributed by atoms with van der Waals surface area (Å²) in [6.45, 7) is 2.14. The van der Waals surface area contributed by atoms with Crippen molar-refractivity contribution in [1.82, 2.24) is 0 Å². The number of fused-ring (bicyclic) bond motifs is 1. The average molecular weight is 282 g/mol. The standard InChI is InChI=1S/C17H21F3/c1-2-3-4-5-6-8-13-11-12-9-7-10-14(18)15(12)17(20)16(13)19/h7,9-11,16-17H,2-6,8H2,1H3. The second-order valence-corrected chi connectivity index (χ2v) is 5.43. The summed E-state index contributed by atoms with van der Waals surface area (Å²) >= 11 is 0. The number of benzene rings is 1. The first-order valence-electron chi connectivity index (χ1n) is 7.42. The second-order valence-electron chi connectivity index (χ2n) is 5.43. The van der Waals surface area contributed by atoms with Crippen LogP contribution in [0.25, 0.3) is 6.08 Å². The summed E-state index contributed by atoms with van der Waals surface area (Å²) in [6.07, 6.45) is 3.97. The minimum Gasteiger partial charge on any atom is -0.239 e. The Bertz CT molecular complexity index is 479. The van der Waals surface area contributed by atoms with Crippen LogP contribution in [0, 0.1) is 5.82 Å². The first-order valence-corrected chi connectivity index (χ1v) is 7.42. The molecule has 1 aliphatic rings. The van der Waals surface area contributed by atoms with E-state index in [1.54, 1.807) is 12.1 Å². The lowest BCUT2D eigenvalue weighted by Gasteiger charge is -2.24. The van der Waals surface area contributed by atoms with Crippen molar-refractivity contribution in [2.45, 2.75) is 57.8 Å². The van der Waals surface area contributed by atoms with Crippen LogP contribution in [0.3, 0.4) is 0 Å². The number of hydrogen-bond donors (Lipinski definition) is 0. The second kappa shape index (κ2) is 6.96. The minimum absolute atomic E-state index is 0.130. The molecule has 0 radical (unpaired) electrons. The number of alkyl halides is 2. The molecule has 110 valence electrons. The van der Waals surface area contributed by atoms with Crippen molar-refractivity contribution >= 4 is 6.08 Å². The summed E-state index contributed by atoms with van der Waals surface area (Å²) in [5.41, 5.74) is 0.816. The summed E-state index contributed by atoms with van der Waals surface area (Å²) in [7, 11) is 0. The SMILES string of the molecule is CCCCCCCC1=Cc2cccc(F)c2C(F)C1F. The lowest BCUT2D eigenvalue weighted by molar-refractivity contribution is 0.187. The highest BCUT2D eigenvalue weighted by Crippen LogP contribution is 2.39. The van der Waals surface area contributed by atoms with E-state index in [0.29, 0.717) is 17.6 Å². The normalized spacial score (nSPS) is 21.5. The third kappa shape index (κ3) is 3.25. The predicted molar refractivity (Wildman–Crippen MR) is 76.5 cm³/mol. The van der Waals surface area contributed by atoms with Gasteiger partial charge >= 0.3 is 0 Å². The highest BCUT2D eigenvalue weighted by atomic mass is 19.2. The molecule has 20 heavy (non-hydrogen) atoms. The van der Waals surface area contributed by atoms with E-state index in [9.17, 15) is 13.2 Å². The third-order valence-corrected chi connectivity index (χ3v) is 3.88. The molecule has 3 heteroatoms. The van der Waals surface area contributed by atoms with Crippen molar-refractivity contribution in [3.63, 3.8) is 0 Å². The Kier molecular flexibility index (Phi) is 5.27. The topological polar surface area (TPSA) is 0 Å². The van der Waals surface area contributed by atoms with Gasteiger partial charge in [0.15, 0.2) is 12.3 Å². The van der Waals surface area contributed by atoms with Crippen LogP contribution in [0.2, 0.25) is 0 Å². The number of hydrogen-bond acceptors (Lipinski definition) is 0. The van der Waals surface area contributed by atoms with Crippen LogP contribution in [0.15, 0.2) is 23.8 Å². The van der Waals surface area contributed by atoms with E-state index in [4.69, 9.17) is 0 Å².